The first-order valence-corrected chi connectivity index (χ1v) is 10.8. The molecule has 3 aromatic heterocycles. The average molecular weight is 466 g/mol. The van der Waals surface area contributed by atoms with E-state index in [1.807, 2.05) is 41.9 Å². The summed E-state index contributed by atoms with van der Waals surface area (Å²) in [6.45, 7) is 3.56. The molecule has 1 fully saturated rings. The van der Waals surface area contributed by atoms with Gasteiger partial charge in [-0.25, -0.2) is 4.98 Å². The third kappa shape index (κ3) is 4.18. The topological polar surface area (TPSA) is 75.4 Å². The van der Waals surface area contributed by atoms with E-state index in [9.17, 15) is 18.0 Å². The lowest BCUT2D eigenvalue weighted by Crippen LogP contribution is -2.21. The molecule has 4 aromatic rings. The number of halogens is 3. The van der Waals surface area contributed by atoms with Crippen LogP contribution >= 0.6 is 0 Å². The van der Waals surface area contributed by atoms with Gasteiger partial charge in [0.15, 0.2) is 11.5 Å². The van der Waals surface area contributed by atoms with Crippen LogP contribution in [0.15, 0.2) is 61.2 Å². The third-order valence-electron chi connectivity index (χ3n) is 6.08. The lowest BCUT2D eigenvalue weighted by molar-refractivity contribution is -0.137. The number of carbonyl (C=O) groups excluding carboxylic acids is 1. The number of imidazole rings is 1. The number of fused-ring (bicyclic) bond motifs is 1. The minimum atomic E-state index is -4.53. The van der Waals surface area contributed by atoms with E-state index in [1.54, 1.807) is 12.3 Å². The first-order valence-electron chi connectivity index (χ1n) is 10.8. The van der Waals surface area contributed by atoms with E-state index in [0.717, 1.165) is 54.4 Å². The predicted molar refractivity (Wildman–Crippen MR) is 121 cm³/mol. The molecule has 1 aliphatic rings. The molecule has 1 aromatic carbocycles. The van der Waals surface area contributed by atoms with Gasteiger partial charge in [0.1, 0.15) is 0 Å². The van der Waals surface area contributed by atoms with Crippen molar-refractivity contribution in [3.8, 4) is 0 Å². The number of anilines is 2. The van der Waals surface area contributed by atoms with Crippen LogP contribution in [0.4, 0.5) is 24.7 Å². The van der Waals surface area contributed by atoms with Crippen molar-refractivity contribution in [3.05, 3.63) is 83.4 Å². The monoisotopic (exact) mass is 466 g/mol. The van der Waals surface area contributed by atoms with Crippen LogP contribution in [0.3, 0.4) is 0 Å². The van der Waals surface area contributed by atoms with Crippen LogP contribution in [0.2, 0.25) is 0 Å². The number of pyridine rings is 1. The molecule has 1 amide bonds. The molecule has 0 spiro atoms. The fourth-order valence-electron chi connectivity index (χ4n) is 4.34. The number of carbonyl (C=O) groups is 1. The van der Waals surface area contributed by atoms with Gasteiger partial charge >= 0.3 is 6.18 Å². The number of benzene rings is 1. The minimum absolute atomic E-state index is 0.00546. The smallest absolute Gasteiger partial charge is 0.355 e. The normalized spacial score (nSPS) is 16.2. The van der Waals surface area contributed by atoms with E-state index < -0.39 is 17.6 Å². The molecule has 0 radical (unpaired) electrons. The SMILES string of the molecule is Cc1ccc(C(=O)Nc2cncc(C(F)(F)F)c2)cc1[C@@H]1CCN(c2cnc3cccnn23)C1. The molecule has 0 bridgehead atoms. The molecule has 0 aliphatic carbocycles. The van der Waals surface area contributed by atoms with E-state index >= 15 is 0 Å². The standard InChI is InChI=1S/C24H21F3N6O/c1-15-4-5-16(23(34)31-19-10-18(11-28-12-19)24(25,26)27)9-20(15)17-6-8-32(14-17)22-13-29-21-3-2-7-30-33(21)22/h2-5,7,9-13,17H,6,8,14H2,1H3,(H,31,34)/t17-/m1/s1. The van der Waals surface area contributed by atoms with Crippen molar-refractivity contribution in [2.75, 3.05) is 23.3 Å². The van der Waals surface area contributed by atoms with Crippen LogP contribution in [0.5, 0.6) is 0 Å². The van der Waals surface area contributed by atoms with Crippen LogP contribution in [-0.2, 0) is 6.18 Å². The number of aryl methyl sites for hydroxylation is 1. The Balaban J connectivity index is 1.35. The third-order valence-corrected chi connectivity index (χ3v) is 6.08. The van der Waals surface area contributed by atoms with Gasteiger partial charge in [-0.15, -0.1) is 0 Å². The molecule has 1 N–H and O–H groups in total. The maximum atomic E-state index is 13.0. The van der Waals surface area contributed by atoms with E-state index in [-0.39, 0.29) is 11.6 Å². The van der Waals surface area contributed by atoms with Crippen LogP contribution in [0, 0.1) is 6.92 Å². The minimum Gasteiger partial charge on any atom is -0.355 e. The van der Waals surface area contributed by atoms with Gasteiger partial charge in [0, 0.05) is 37.0 Å². The molecule has 174 valence electrons. The van der Waals surface area contributed by atoms with Crippen molar-refractivity contribution in [1.29, 1.82) is 0 Å². The Morgan fingerprint density at radius 2 is 2.00 bits per heavy atom. The first-order chi connectivity index (χ1) is 16.3. The molecule has 34 heavy (non-hydrogen) atoms. The highest BCUT2D eigenvalue weighted by Gasteiger charge is 2.31. The first kappa shape index (κ1) is 21.9. The van der Waals surface area contributed by atoms with Crippen LogP contribution < -0.4 is 10.2 Å². The molecule has 0 unspecified atom stereocenters. The Labute approximate surface area is 193 Å². The van der Waals surface area contributed by atoms with Crippen molar-refractivity contribution in [2.24, 2.45) is 0 Å². The maximum absolute atomic E-state index is 13.0. The summed E-state index contributed by atoms with van der Waals surface area (Å²) in [6, 6.07) is 9.99. The Kier molecular flexibility index (Phi) is 5.43. The number of aromatic nitrogens is 4. The molecule has 1 saturated heterocycles. The Morgan fingerprint density at radius 3 is 2.82 bits per heavy atom. The molecule has 10 heteroatoms. The van der Waals surface area contributed by atoms with Crippen LogP contribution in [0.1, 0.15) is 39.4 Å². The summed E-state index contributed by atoms with van der Waals surface area (Å²) < 4.78 is 40.7. The molecular formula is C24H21F3N6O. The maximum Gasteiger partial charge on any atom is 0.417 e. The van der Waals surface area contributed by atoms with Crippen molar-refractivity contribution in [3.63, 3.8) is 0 Å². The summed E-state index contributed by atoms with van der Waals surface area (Å²) in [4.78, 5) is 23.0. The van der Waals surface area contributed by atoms with Gasteiger partial charge in [0.2, 0.25) is 0 Å². The fourth-order valence-corrected chi connectivity index (χ4v) is 4.34. The number of nitrogens with zero attached hydrogens (tertiary/aromatic N) is 5. The number of alkyl halides is 3. The summed E-state index contributed by atoms with van der Waals surface area (Å²) in [5, 5.41) is 6.91. The lowest BCUT2D eigenvalue weighted by Gasteiger charge is -2.18. The Morgan fingerprint density at radius 1 is 1.15 bits per heavy atom. The molecule has 7 nitrogen and oxygen atoms in total. The van der Waals surface area contributed by atoms with Gasteiger partial charge < -0.3 is 10.2 Å². The van der Waals surface area contributed by atoms with Crippen molar-refractivity contribution >= 4 is 23.1 Å². The van der Waals surface area contributed by atoms with Gasteiger partial charge in [-0.3, -0.25) is 9.78 Å². The van der Waals surface area contributed by atoms with Crippen LogP contribution in [-0.4, -0.2) is 38.6 Å². The number of hydrogen-bond acceptors (Lipinski definition) is 5. The van der Waals surface area contributed by atoms with Crippen molar-refractivity contribution in [2.45, 2.75) is 25.4 Å². The Hall–Kier alpha value is -3.95. The molecule has 1 atom stereocenters. The zero-order valence-corrected chi connectivity index (χ0v) is 18.3. The van der Waals surface area contributed by atoms with Gasteiger partial charge in [-0.2, -0.15) is 22.8 Å². The second kappa shape index (κ2) is 8.44. The molecular weight excluding hydrogens is 445 g/mol. The van der Waals surface area contributed by atoms with E-state index in [0.29, 0.717) is 5.56 Å². The second-order valence-corrected chi connectivity index (χ2v) is 8.33. The highest BCUT2D eigenvalue weighted by molar-refractivity contribution is 6.04. The number of rotatable bonds is 4. The summed E-state index contributed by atoms with van der Waals surface area (Å²) in [7, 11) is 0. The molecule has 1 aliphatic heterocycles. The van der Waals surface area contributed by atoms with Gasteiger partial charge in [0.05, 0.1) is 23.6 Å². The molecule has 4 heterocycles. The number of nitrogens with one attached hydrogen (secondary N) is 1. The zero-order valence-electron chi connectivity index (χ0n) is 18.3. The summed E-state index contributed by atoms with van der Waals surface area (Å²) >= 11 is 0. The van der Waals surface area contributed by atoms with E-state index in [2.05, 4.69) is 25.3 Å². The second-order valence-electron chi connectivity index (χ2n) is 8.33. The lowest BCUT2D eigenvalue weighted by atomic mass is 9.92. The number of hydrogen-bond donors (Lipinski definition) is 1. The van der Waals surface area contributed by atoms with E-state index in [4.69, 9.17) is 0 Å². The zero-order chi connectivity index (χ0) is 23.9. The predicted octanol–water partition coefficient (Wildman–Crippen LogP) is 4.70. The molecule has 5 rings (SSSR count). The summed E-state index contributed by atoms with van der Waals surface area (Å²) in [6.07, 6.45) is 1.81. The van der Waals surface area contributed by atoms with Gasteiger partial charge in [-0.1, -0.05) is 6.07 Å². The Bertz CT molecular complexity index is 1370. The van der Waals surface area contributed by atoms with Gasteiger partial charge in [-0.05, 0) is 54.8 Å². The highest BCUT2D eigenvalue weighted by atomic mass is 19.4. The van der Waals surface area contributed by atoms with Crippen molar-refractivity contribution < 1.29 is 18.0 Å². The van der Waals surface area contributed by atoms with E-state index in [1.165, 1.54) is 6.20 Å². The quantitative estimate of drug-likeness (QED) is 0.472. The van der Waals surface area contributed by atoms with Gasteiger partial charge in [0.25, 0.3) is 5.91 Å². The largest absolute Gasteiger partial charge is 0.417 e. The fraction of sp³-hybridized carbons (Fsp3) is 0.250. The average Bonchev–Trinajstić information content (AvgIpc) is 3.46. The number of amides is 1. The summed E-state index contributed by atoms with van der Waals surface area (Å²) in [5.41, 5.74) is 2.34. The molecule has 0 saturated carbocycles. The van der Waals surface area contributed by atoms with Crippen molar-refractivity contribution in [1.82, 2.24) is 19.6 Å². The highest BCUT2D eigenvalue weighted by Crippen LogP contribution is 2.33. The summed E-state index contributed by atoms with van der Waals surface area (Å²) in [5.74, 6) is 0.627. The van der Waals surface area contributed by atoms with Crippen LogP contribution in [0.25, 0.3) is 5.65 Å².